The Morgan fingerprint density at radius 1 is 0.941 bits per heavy atom. The van der Waals surface area contributed by atoms with Crippen LogP contribution >= 0.6 is 11.6 Å². The number of carbonyl (C=O) groups excluding carboxylic acids is 3. The smallest absolute Gasteiger partial charge is 0.422 e. The van der Waals surface area contributed by atoms with Crippen LogP contribution in [-0.2, 0) is 19.9 Å². The van der Waals surface area contributed by atoms with E-state index in [1.165, 1.54) is 31.3 Å². The van der Waals surface area contributed by atoms with Gasteiger partial charge in [-0.1, -0.05) is 41.9 Å². The lowest BCUT2D eigenvalue weighted by Gasteiger charge is -2.19. The molecule has 3 amide bonds. The minimum Gasteiger partial charge on any atom is -0.480 e. The van der Waals surface area contributed by atoms with Gasteiger partial charge in [0.05, 0.1) is 5.54 Å². The number of rotatable bonds is 13. The average Bonchev–Trinajstić information content (AvgIpc) is 3.89. The molecule has 1 fully saturated rings. The number of benzene rings is 3. The highest BCUT2D eigenvalue weighted by atomic mass is 35.5. The normalized spacial score (nSPS) is 13.7. The molecule has 0 bridgehead atoms. The lowest BCUT2D eigenvalue weighted by atomic mass is 10.1. The molecule has 1 aliphatic rings. The van der Waals surface area contributed by atoms with Crippen LogP contribution < -0.4 is 30.9 Å². The summed E-state index contributed by atoms with van der Waals surface area (Å²) in [6.45, 7) is -2.22. The Morgan fingerprint density at radius 3 is 2.20 bits per heavy atom. The molecule has 1 aliphatic carbocycles. The maximum atomic E-state index is 12.9. The topological polar surface area (TPSA) is 188 Å². The van der Waals surface area contributed by atoms with Gasteiger partial charge >= 0.3 is 30.0 Å². The van der Waals surface area contributed by atoms with Crippen LogP contribution in [0.3, 0.4) is 0 Å². The van der Waals surface area contributed by atoms with E-state index in [1.807, 2.05) is 12.1 Å². The lowest BCUT2D eigenvalue weighted by Crippen LogP contribution is -2.51. The summed E-state index contributed by atoms with van der Waals surface area (Å²) in [7, 11) is 1.38. The molecule has 1 heterocycles. The van der Waals surface area contributed by atoms with Gasteiger partial charge in [0.1, 0.15) is 6.04 Å². The van der Waals surface area contributed by atoms with E-state index in [9.17, 15) is 37.5 Å². The Hall–Kier alpha value is -5.97. The highest BCUT2D eigenvalue weighted by molar-refractivity contribution is 6.40. The van der Waals surface area contributed by atoms with Gasteiger partial charge in [0.2, 0.25) is 11.9 Å². The number of carboxylic acid groups (broad SMARTS) is 1. The fourth-order valence-electron chi connectivity index (χ4n) is 4.74. The number of alkyl halides is 3. The van der Waals surface area contributed by atoms with Crippen molar-refractivity contribution in [1.29, 1.82) is 0 Å². The Bertz CT molecular complexity index is 1900. The number of hydrogen-bond donors (Lipinski definition) is 5. The zero-order valence-corrected chi connectivity index (χ0v) is 27.5. The van der Waals surface area contributed by atoms with Crippen LogP contribution in [0, 0.1) is 0 Å². The van der Waals surface area contributed by atoms with Gasteiger partial charge in [0.25, 0.3) is 5.91 Å². The summed E-state index contributed by atoms with van der Waals surface area (Å²) in [6, 6.07) is 18.8. The fourth-order valence-corrected chi connectivity index (χ4v) is 4.87. The number of nitrogens with one attached hydrogen (secondary N) is 4. The van der Waals surface area contributed by atoms with Crippen molar-refractivity contribution >= 4 is 58.6 Å². The summed E-state index contributed by atoms with van der Waals surface area (Å²) in [6.07, 6.45) is -3.25. The zero-order valence-electron chi connectivity index (χ0n) is 26.7. The number of anilines is 4. The highest BCUT2D eigenvalue weighted by Crippen LogP contribution is 2.48. The number of nitrogens with zero attached hydrogens (tertiary/aromatic N) is 4. The number of amides is 3. The molecule has 51 heavy (non-hydrogen) atoms. The van der Waals surface area contributed by atoms with Gasteiger partial charge in [-0.25, -0.2) is 4.79 Å². The molecule has 0 aliphatic heterocycles. The van der Waals surface area contributed by atoms with Gasteiger partial charge in [0, 0.05) is 35.6 Å². The number of likely N-dealkylation sites (N-methyl/N-ethyl adjacent to an activating group) is 1. The SMILES string of the molecule is CN(C(=O)C(=O)NC[C@H](NC(=O)c1ccc(Nc2nc(NC3(c4ccc(Cl)cc4)CC3)nc(OCC(F)(F)F)n2)cc1)C(=O)O)c1ccccc1. The quantitative estimate of drug-likeness (QED) is 0.124. The molecule has 4 aromatic rings. The van der Waals surface area contributed by atoms with E-state index in [2.05, 4.69) is 36.2 Å². The van der Waals surface area contributed by atoms with Crippen molar-refractivity contribution in [1.82, 2.24) is 25.6 Å². The van der Waals surface area contributed by atoms with Gasteiger partial charge < -0.3 is 36.0 Å². The Balaban J connectivity index is 1.23. The van der Waals surface area contributed by atoms with Crippen molar-refractivity contribution in [3.8, 4) is 6.01 Å². The second-order valence-electron chi connectivity index (χ2n) is 11.4. The number of para-hydroxylation sites is 1. The third kappa shape index (κ3) is 9.81. The molecule has 1 saturated carbocycles. The molecule has 3 aromatic carbocycles. The summed E-state index contributed by atoms with van der Waals surface area (Å²) >= 11 is 6.01. The third-order valence-corrected chi connectivity index (χ3v) is 7.85. The average molecular weight is 727 g/mol. The lowest BCUT2D eigenvalue weighted by molar-refractivity contribution is -0.154. The predicted octanol–water partition coefficient (Wildman–Crippen LogP) is 4.27. The standard InChI is InChI=1S/C33H30ClF3N8O6/c1-45(23-5-3-2-4-6-23)27(48)26(47)38-17-24(28(49)50)40-25(46)19-7-13-22(14-8-19)39-29-41-30(43-31(42-29)51-18-33(35,36)37)44-32(15-16-32)20-9-11-21(34)12-10-20/h2-14,24H,15-18H2,1H3,(H,38,47)(H,40,46)(H,49,50)(H2,39,41,42,43,44)/t24-/m0/s1. The van der Waals surface area contributed by atoms with E-state index in [0.717, 1.165) is 10.5 Å². The van der Waals surface area contributed by atoms with Gasteiger partial charge in [-0.3, -0.25) is 14.4 Å². The van der Waals surface area contributed by atoms with E-state index in [1.54, 1.807) is 42.5 Å². The number of carboxylic acids is 1. The molecule has 0 unspecified atom stereocenters. The third-order valence-electron chi connectivity index (χ3n) is 7.59. The van der Waals surface area contributed by atoms with Crippen LogP contribution in [0.2, 0.25) is 5.02 Å². The molecule has 5 N–H and O–H groups in total. The van der Waals surface area contributed by atoms with E-state index in [-0.39, 0.29) is 17.5 Å². The monoisotopic (exact) mass is 726 g/mol. The van der Waals surface area contributed by atoms with Crippen molar-refractivity contribution < 1.29 is 42.2 Å². The molecule has 14 nitrogen and oxygen atoms in total. The highest BCUT2D eigenvalue weighted by Gasteiger charge is 2.45. The number of halogens is 4. The summed E-state index contributed by atoms with van der Waals surface area (Å²) in [4.78, 5) is 62.9. The fraction of sp³-hybridized carbons (Fsp3) is 0.242. The van der Waals surface area contributed by atoms with Crippen LogP contribution in [-0.4, -0.2) is 76.2 Å². The zero-order chi connectivity index (χ0) is 36.8. The molecule has 266 valence electrons. The summed E-state index contributed by atoms with van der Waals surface area (Å²) < 4.78 is 43.5. The summed E-state index contributed by atoms with van der Waals surface area (Å²) in [5.74, 6) is -4.48. The van der Waals surface area contributed by atoms with Gasteiger partial charge in [-0.15, -0.1) is 0 Å². The second-order valence-corrected chi connectivity index (χ2v) is 11.8. The number of ether oxygens (including phenoxy) is 1. The van der Waals surface area contributed by atoms with E-state index in [4.69, 9.17) is 16.3 Å². The first-order valence-electron chi connectivity index (χ1n) is 15.2. The van der Waals surface area contributed by atoms with Crippen LogP contribution in [0.25, 0.3) is 0 Å². The largest absolute Gasteiger partial charge is 0.480 e. The molecule has 1 aromatic heterocycles. The molecule has 0 saturated heterocycles. The summed E-state index contributed by atoms with van der Waals surface area (Å²) in [5, 5.41) is 20.7. The Morgan fingerprint density at radius 2 is 1.59 bits per heavy atom. The van der Waals surface area contributed by atoms with Crippen LogP contribution in [0.1, 0.15) is 28.8 Å². The number of carbonyl (C=O) groups is 4. The molecule has 1 atom stereocenters. The van der Waals surface area contributed by atoms with Crippen LogP contribution in [0.5, 0.6) is 6.01 Å². The Labute approximate surface area is 293 Å². The van der Waals surface area contributed by atoms with E-state index >= 15 is 0 Å². The van der Waals surface area contributed by atoms with Crippen molar-refractivity contribution in [3.05, 3.63) is 95.0 Å². The predicted molar refractivity (Wildman–Crippen MR) is 179 cm³/mol. The maximum Gasteiger partial charge on any atom is 0.422 e. The molecular weight excluding hydrogens is 697 g/mol. The number of aliphatic carboxylic acids is 1. The van der Waals surface area contributed by atoms with E-state index in [0.29, 0.717) is 29.2 Å². The maximum absolute atomic E-state index is 12.9. The molecular formula is C33H30ClF3N8O6. The van der Waals surface area contributed by atoms with E-state index < -0.39 is 60.6 Å². The molecule has 0 spiro atoms. The summed E-state index contributed by atoms with van der Waals surface area (Å²) in [5.41, 5.74) is 1.10. The Kier molecular flexibility index (Phi) is 10.9. The minimum absolute atomic E-state index is 0.0313. The van der Waals surface area contributed by atoms with Crippen LogP contribution in [0.15, 0.2) is 78.9 Å². The van der Waals surface area contributed by atoms with Crippen molar-refractivity contribution in [3.63, 3.8) is 0 Å². The molecule has 5 rings (SSSR count). The van der Waals surface area contributed by atoms with Gasteiger partial charge in [0.15, 0.2) is 6.61 Å². The van der Waals surface area contributed by atoms with Crippen molar-refractivity contribution in [2.75, 3.05) is 35.7 Å². The number of aromatic nitrogens is 3. The number of hydrogen-bond acceptors (Lipinski definition) is 10. The first kappa shape index (κ1) is 36.3. The van der Waals surface area contributed by atoms with Gasteiger partial charge in [-0.2, -0.15) is 28.1 Å². The first-order chi connectivity index (χ1) is 24.2. The minimum atomic E-state index is -4.65. The van der Waals surface area contributed by atoms with Gasteiger partial charge in [-0.05, 0) is 66.9 Å². The van der Waals surface area contributed by atoms with Crippen molar-refractivity contribution in [2.24, 2.45) is 0 Å². The van der Waals surface area contributed by atoms with Crippen molar-refractivity contribution in [2.45, 2.75) is 30.6 Å². The second kappa shape index (κ2) is 15.3. The van der Waals surface area contributed by atoms with Crippen LogP contribution in [0.4, 0.5) is 36.4 Å². The molecule has 0 radical (unpaired) electrons. The first-order valence-corrected chi connectivity index (χ1v) is 15.6. The molecule has 18 heteroatoms.